The van der Waals surface area contributed by atoms with Crippen LogP contribution >= 0.6 is 0 Å². The Bertz CT molecular complexity index is 1360. The number of hydrogen-bond acceptors (Lipinski definition) is 8. The molecule has 302 valence electrons. The Hall–Kier alpha value is -3.26. The van der Waals surface area contributed by atoms with Gasteiger partial charge in [0.1, 0.15) is 36.4 Å². The van der Waals surface area contributed by atoms with Crippen LogP contribution in [0.1, 0.15) is 89.0 Å². The highest BCUT2D eigenvalue weighted by atomic mass is 16.3. The molecule has 14 heteroatoms. The second kappa shape index (κ2) is 17.5. The summed E-state index contributed by atoms with van der Waals surface area (Å²) >= 11 is 0. The quantitative estimate of drug-likeness (QED) is 0.317. The molecule has 2 aliphatic carbocycles. The molecule has 0 aromatic heterocycles. The number of likely N-dealkylation sites (N-methyl/N-ethyl adjacent to an activating group) is 4. The van der Waals surface area contributed by atoms with Crippen molar-refractivity contribution >= 4 is 35.4 Å². The first kappa shape index (κ1) is 44.1. The highest BCUT2D eigenvalue weighted by molar-refractivity contribution is 5.96. The van der Waals surface area contributed by atoms with Crippen molar-refractivity contribution in [2.24, 2.45) is 47.3 Å². The molecule has 1 aliphatic heterocycles. The summed E-state index contributed by atoms with van der Waals surface area (Å²) in [7, 11) is 6.11. The zero-order chi connectivity index (χ0) is 40.5. The van der Waals surface area contributed by atoms with Crippen LogP contribution in [0.4, 0.5) is 0 Å². The highest BCUT2D eigenvalue weighted by Gasteiger charge is 2.54. The number of carbonyl (C=O) groups excluding carboxylic acids is 6. The maximum Gasteiger partial charge on any atom is 0.245 e. The predicted molar refractivity (Wildman–Crippen MR) is 203 cm³/mol. The maximum absolute atomic E-state index is 14.3. The van der Waals surface area contributed by atoms with Crippen molar-refractivity contribution in [3.05, 3.63) is 0 Å². The molecule has 0 aromatic carbocycles. The van der Waals surface area contributed by atoms with Gasteiger partial charge in [0.25, 0.3) is 0 Å². The van der Waals surface area contributed by atoms with Gasteiger partial charge in [0, 0.05) is 28.2 Å². The lowest BCUT2D eigenvalue weighted by Crippen LogP contribution is -2.61. The van der Waals surface area contributed by atoms with Gasteiger partial charge >= 0.3 is 0 Å². The van der Waals surface area contributed by atoms with Gasteiger partial charge in [-0.15, -0.1) is 0 Å². The largest absolute Gasteiger partial charge is 0.376 e. The average Bonchev–Trinajstić information content (AvgIpc) is 3.92. The first-order valence-electron chi connectivity index (χ1n) is 19.6. The van der Waals surface area contributed by atoms with Crippen LogP contribution in [0.3, 0.4) is 0 Å². The van der Waals surface area contributed by atoms with E-state index in [4.69, 9.17) is 0 Å². The molecular weight excluding hydrogens is 678 g/mol. The summed E-state index contributed by atoms with van der Waals surface area (Å²) in [5, 5.41) is 20.7. The summed E-state index contributed by atoms with van der Waals surface area (Å²) in [5.74, 6) is -2.34. The molecule has 12 unspecified atom stereocenters. The number of hydrogen-bond donors (Lipinski definition) is 4. The molecule has 14 nitrogen and oxygen atoms in total. The lowest BCUT2D eigenvalue weighted by atomic mass is 9.99. The number of aliphatic hydroxyl groups is 1. The van der Waals surface area contributed by atoms with Gasteiger partial charge in [-0.3, -0.25) is 34.1 Å². The molecule has 0 bridgehead atoms. The Morgan fingerprint density at radius 1 is 0.528 bits per heavy atom. The number of nitrogens with zero attached hydrogens (tertiary/aromatic N) is 4. The van der Waals surface area contributed by atoms with Gasteiger partial charge in [0.2, 0.25) is 35.4 Å². The smallest absolute Gasteiger partial charge is 0.245 e. The normalized spacial score (nSPS) is 39.0. The number of carbonyl (C=O) groups is 6. The molecular formula is C39H69N7O7. The molecule has 4 N–H and O–H groups in total. The lowest BCUT2D eigenvalue weighted by Gasteiger charge is -2.36. The predicted octanol–water partition coefficient (Wildman–Crippen LogP) is 1.51. The molecule has 6 amide bonds. The van der Waals surface area contributed by atoms with E-state index in [0.29, 0.717) is 12.8 Å². The highest BCUT2D eigenvalue weighted by Crippen LogP contribution is 2.49. The molecule has 3 fully saturated rings. The first-order valence-corrected chi connectivity index (χ1v) is 19.6. The van der Waals surface area contributed by atoms with Crippen LogP contribution in [-0.2, 0) is 28.8 Å². The van der Waals surface area contributed by atoms with E-state index in [1.165, 1.54) is 33.7 Å². The summed E-state index contributed by atoms with van der Waals surface area (Å²) in [6.07, 6.45) is -0.638. The van der Waals surface area contributed by atoms with E-state index in [2.05, 4.69) is 16.0 Å². The van der Waals surface area contributed by atoms with E-state index in [9.17, 15) is 33.9 Å². The van der Waals surface area contributed by atoms with E-state index in [1.807, 2.05) is 55.4 Å². The number of amides is 6. The number of rotatable bonds is 6. The molecule has 3 rings (SSSR count). The molecule has 1 saturated heterocycles. The fourth-order valence-electron chi connectivity index (χ4n) is 8.06. The van der Waals surface area contributed by atoms with Crippen LogP contribution in [0.25, 0.3) is 0 Å². The van der Waals surface area contributed by atoms with Crippen LogP contribution in [0.5, 0.6) is 0 Å². The summed E-state index contributed by atoms with van der Waals surface area (Å²) in [6, 6.07) is -6.45. The SMILES string of the molecule is CC(C)CC1NC(=O)C(C)N(C)C(=O)C(C)N(C)C(=O)C(C2C(C)C2C)NC(=O)C(CC(C)C)N(C)C(=O)C(C)N(C)C(=O)C(C2C(C)C2C)NC1O. The molecule has 1 heterocycles. The summed E-state index contributed by atoms with van der Waals surface area (Å²) in [4.78, 5) is 89.8. The molecule has 2 saturated carbocycles. The fraction of sp³-hybridized carbons (Fsp3) is 0.846. The zero-order valence-electron chi connectivity index (χ0n) is 34.8. The summed E-state index contributed by atoms with van der Waals surface area (Å²) in [5.41, 5.74) is 0. The number of nitrogens with one attached hydrogen (secondary N) is 3. The maximum atomic E-state index is 14.3. The zero-order valence-corrected chi connectivity index (χ0v) is 34.8. The van der Waals surface area contributed by atoms with Gasteiger partial charge in [-0.25, -0.2) is 0 Å². The van der Waals surface area contributed by atoms with Crippen molar-refractivity contribution in [2.45, 2.75) is 138 Å². The van der Waals surface area contributed by atoms with Crippen molar-refractivity contribution in [1.82, 2.24) is 35.6 Å². The average molecular weight is 748 g/mol. The van der Waals surface area contributed by atoms with Crippen molar-refractivity contribution in [1.29, 1.82) is 0 Å². The second-order valence-corrected chi connectivity index (χ2v) is 17.4. The van der Waals surface area contributed by atoms with Gasteiger partial charge in [-0.2, -0.15) is 0 Å². The first-order chi connectivity index (χ1) is 24.5. The molecule has 0 spiro atoms. The Labute approximate surface area is 317 Å². The van der Waals surface area contributed by atoms with Crippen LogP contribution < -0.4 is 16.0 Å². The van der Waals surface area contributed by atoms with E-state index in [0.717, 1.165) is 0 Å². The monoisotopic (exact) mass is 748 g/mol. The van der Waals surface area contributed by atoms with Crippen LogP contribution in [0.15, 0.2) is 0 Å². The van der Waals surface area contributed by atoms with Crippen molar-refractivity contribution in [3.63, 3.8) is 0 Å². The van der Waals surface area contributed by atoms with Gasteiger partial charge in [0.05, 0.1) is 12.1 Å². The second-order valence-electron chi connectivity index (χ2n) is 17.4. The third-order valence-corrected chi connectivity index (χ3v) is 12.9. The molecule has 0 aromatic rings. The van der Waals surface area contributed by atoms with Gasteiger partial charge in [0.15, 0.2) is 0 Å². The number of aliphatic hydroxyl groups excluding tert-OH is 1. The minimum atomic E-state index is -1.33. The third-order valence-electron chi connectivity index (χ3n) is 12.9. The van der Waals surface area contributed by atoms with Gasteiger partial charge in [-0.05, 0) is 81.0 Å². The van der Waals surface area contributed by atoms with E-state index < -0.39 is 78.1 Å². The summed E-state index contributed by atoms with van der Waals surface area (Å²) < 4.78 is 0. The van der Waals surface area contributed by atoms with Crippen LogP contribution in [0.2, 0.25) is 0 Å². The van der Waals surface area contributed by atoms with E-state index in [-0.39, 0.29) is 53.3 Å². The molecule has 53 heavy (non-hydrogen) atoms. The third kappa shape index (κ3) is 9.71. The minimum Gasteiger partial charge on any atom is -0.376 e. The Morgan fingerprint density at radius 2 is 0.925 bits per heavy atom. The van der Waals surface area contributed by atoms with Crippen molar-refractivity contribution in [3.8, 4) is 0 Å². The lowest BCUT2D eigenvalue weighted by molar-refractivity contribution is -0.150. The minimum absolute atomic E-state index is 0.0129. The topological polar surface area (TPSA) is 172 Å². The molecule has 3 aliphatic rings. The van der Waals surface area contributed by atoms with Crippen molar-refractivity contribution in [2.75, 3.05) is 28.2 Å². The van der Waals surface area contributed by atoms with Crippen LogP contribution in [0, 0.1) is 47.3 Å². The van der Waals surface area contributed by atoms with Crippen LogP contribution in [-0.4, -0.2) is 137 Å². The van der Waals surface area contributed by atoms with E-state index in [1.54, 1.807) is 34.9 Å². The Balaban J connectivity index is 2.12. The Kier molecular flexibility index (Phi) is 14.5. The van der Waals surface area contributed by atoms with Gasteiger partial charge < -0.3 is 35.3 Å². The van der Waals surface area contributed by atoms with E-state index >= 15 is 0 Å². The Morgan fingerprint density at radius 3 is 1.36 bits per heavy atom. The summed E-state index contributed by atoms with van der Waals surface area (Å²) in [6.45, 7) is 20.7. The molecule has 12 atom stereocenters. The molecule has 0 radical (unpaired) electrons. The van der Waals surface area contributed by atoms with Crippen molar-refractivity contribution < 1.29 is 33.9 Å². The standard InChI is InChI=1S/C39H69N7O7/c1-18(2)16-27-34(48)41-31(29-20(5)21(29)6)38(52)45(14)26(11)37(51)46(15)28(17-19(3)4)35(49)42-32(30-22(7)23(30)8)39(53)44(13)25(10)36(50)43(12)24(9)33(47)40-27/h18-32,34,41,48H,16-17H2,1-15H3,(H,40,47)(H,42,49). The van der Waals surface area contributed by atoms with Gasteiger partial charge in [-0.1, -0.05) is 55.4 Å². The fourth-order valence-corrected chi connectivity index (χ4v) is 8.06.